The van der Waals surface area contributed by atoms with Gasteiger partial charge in [0.05, 0.1) is 6.07 Å². The van der Waals surface area contributed by atoms with Crippen LogP contribution < -0.4 is 5.32 Å². The number of amides is 1. The molecule has 0 aliphatic rings. The van der Waals surface area contributed by atoms with Crippen LogP contribution in [0, 0.1) is 11.3 Å². The third kappa shape index (κ3) is 7.21. The lowest BCUT2D eigenvalue weighted by Crippen LogP contribution is -2.33. The number of rotatable bonds is 8. The summed E-state index contributed by atoms with van der Waals surface area (Å²) in [5.74, 6) is -0.198. The van der Waals surface area contributed by atoms with E-state index in [1.165, 1.54) is 6.92 Å². The maximum Gasteiger partial charge on any atom is 0.217 e. The Labute approximate surface area is 96.7 Å². The Hall–Kier alpha value is -1.12. The summed E-state index contributed by atoms with van der Waals surface area (Å²) in [6, 6.07) is 1.56. The SMILES string of the molecule is CCOC(CCC(C#N)NC(C)=O)OCC. The molecule has 0 aliphatic carbocycles. The summed E-state index contributed by atoms with van der Waals surface area (Å²) in [6.07, 6.45) is 0.834. The Bertz CT molecular complexity index is 232. The smallest absolute Gasteiger partial charge is 0.217 e. The van der Waals surface area contributed by atoms with E-state index in [0.29, 0.717) is 26.1 Å². The van der Waals surface area contributed by atoms with Gasteiger partial charge in [0, 0.05) is 26.6 Å². The zero-order valence-corrected chi connectivity index (χ0v) is 10.2. The molecule has 0 aromatic carbocycles. The Morgan fingerprint density at radius 1 is 1.31 bits per heavy atom. The number of carbonyl (C=O) groups is 1. The molecule has 0 spiro atoms. The van der Waals surface area contributed by atoms with Crippen molar-refractivity contribution in [3.05, 3.63) is 0 Å². The molecule has 0 aromatic rings. The highest BCUT2D eigenvalue weighted by molar-refractivity contribution is 5.73. The van der Waals surface area contributed by atoms with Crippen molar-refractivity contribution in [2.75, 3.05) is 13.2 Å². The first kappa shape index (κ1) is 14.9. The van der Waals surface area contributed by atoms with Crippen LogP contribution in [0.25, 0.3) is 0 Å². The van der Waals surface area contributed by atoms with Crippen LogP contribution >= 0.6 is 0 Å². The third-order valence-corrected chi connectivity index (χ3v) is 1.93. The zero-order chi connectivity index (χ0) is 12.4. The topological polar surface area (TPSA) is 71.3 Å². The quantitative estimate of drug-likeness (QED) is 0.633. The van der Waals surface area contributed by atoms with E-state index >= 15 is 0 Å². The number of nitrogens with one attached hydrogen (secondary N) is 1. The molecule has 5 nitrogen and oxygen atoms in total. The van der Waals surface area contributed by atoms with Gasteiger partial charge in [-0.2, -0.15) is 5.26 Å². The van der Waals surface area contributed by atoms with E-state index in [4.69, 9.17) is 14.7 Å². The molecule has 0 saturated heterocycles. The first-order valence-corrected chi connectivity index (χ1v) is 5.53. The Balaban J connectivity index is 3.96. The average molecular weight is 228 g/mol. The van der Waals surface area contributed by atoms with Gasteiger partial charge in [-0.3, -0.25) is 4.79 Å². The standard InChI is InChI=1S/C11H20N2O3/c1-4-15-11(16-5-2)7-6-10(8-12)13-9(3)14/h10-11H,4-7H2,1-3H3,(H,13,14). The van der Waals surface area contributed by atoms with E-state index in [0.717, 1.165) is 0 Å². The van der Waals surface area contributed by atoms with Gasteiger partial charge in [0.25, 0.3) is 0 Å². The molecule has 0 bridgehead atoms. The summed E-state index contributed by atoms with van der Waals surface area (Å²) >= 11 is 0. The molecule has 5 heteroatoms. The van der Waals surface area contributed by atoms with Gasteiger partial charge in [-0.1, -0.05) is 0 Å². The van der Waals surface area contributed by atoms with Gasteiger partial charge in [-0.15, -0.1) is 0 Å². The van der Waals surface area contributed by atoms with Gasteiger partial charge in [0.2, 0.25) is 5.91 Å². The fourth-order valence-electron chi connectivity index (χ4n) is 1.30. The second-order valence-electron chi connectivity index (χ2n) is 3.30. The lowest BCUT2D eigenvalue weighted by atomic mass is 10.1. The van der Waals surface area contributed by atoms with Crippen molar-refractivity contribution >= 4 is 5.91 Å². The van der Waals surface area contributed by atoms with Crippen LogP contribution in [0.5, 0.6) is 0 Å². The summed E-state index contributed by atoms with van der Waals surface area (Å²) < 4.78 is 10.7. The van der Waals surface area contributed by atoms with Crippen LogP contribution in [0.15, 0.2) is 0 Å². The maximum absolute atomic E-state index is 10.8. The van der Waals surface area contributed by atoms with E-state index in [1.807, 2.05) is 19.9 Å². The van der Waals surface area contributed by atoms with Crippen molar-refractivity contribution in [3.8, 4) is 6.07 Å². The minimum Gasteiger partial charge on any atom is -0.353 e. The number of ether oxygens (including phenoxy) is 2. The second-order valence-corrected chi connectivity index (χ2v) is 3.30. The normalized spacial score (nSPS) is 12.2. The van der Waals surface area contributed by atoms with Crippen LogP contribution in [0.3, 0.4) is 0 Å². The lowest BCUT2D eigenvalue weighted by molar-refractivity contribution is -0.140. The highest BCUT2D eigenvalue weighted by Gasteiger charge is 2.13. The van der Waals surface area contributed by atoms with Crippen molar-refractivity contribution in [2.45, 2.75) is 45.9 Å². The second kappa shape index (κ2) is 9.13. The Kier molecular flexibility index (Phi) is 8.49. The molecule has 0 rings (SSSR count). The Morgan fingerprint density at radius 2 is 1.88 bits per heavy atom. The molecule has 0 heterocycles. The third-order valence-electron chi connectivity index (χ3n) is 1.93. The number of hydrogen-bond donors (Lipinski definition) is 1. The van der Waals surface area contributed by atoms with Crippen LogP contribution in [-0.4, -0.2) is 31.5 Å². The van der Waals surface area contributed by atoms with Gasteiger partial charge >= 0.3 is 0 Å². The number of nitriles is 1. The molecule has 92 valence electrons. The van der Waals surface area contributed by atoms with Crippen molar-refractivity contribution in [1.29, 1.82) is 5.26 Å². The summed E-state index contributed by atoms with van der Waals surface area (Å²) in [6.45, 7) is 6.32. The predicted molar refractivity (Wildman–Crippen MR) is 59.5 cm³/mol. The molecule has 1 unspecified atom stereocenters. The highest BCUT2D eigenvalue weighted by atomic mass is 16.7. The van der Waals surface area contributed by atoms with Gasteiger partial charge in [0.15, 0.2) is 6.29 Å². The van der Waals surface area contributed by atoms with Crippen LogP contribution in [0.1, 0.15) is 33.6 Å². The molecule has 1 atom stereocenters. The van der Waals surface area contributed by atoms with Gasteiger partial charge in [-0.25, -0.2) is 0 Å². The van der Waals surface area contributed by atoms with Crippen molar-refractivity contribution < 1.29 is 14.3 Å². The molecular weight excluding hydrogens is 208 g/mol. The molecule has 0 radical (unpaired) electrons. The first-order chi connectivity index (χ1) is 7.63. The predicted octanol–water partition coefficient (Wildman–Crippen LogP) is 1.19. The van der Waals surface area contributed by atoms with Crippen LogP contribution in [-0.2, 0) is 14.3 Å². The molecule has 1 amide bonds. The fraction of sp³-hybridized carbons (Fsp3) is 0.818. The maximum atomic E-state index is 10.8. The average Bonchev–Trinajstić information content (AvgIpc) is 2.24. The van der Waals surface area contributed by atoms with Gasteiger partial charge in [-0.05, 0) is 20.3 Å². The molecule has 0 aromatic heterocycles. The van der Waals surface area contributed by atoms with Crippen molar-refractivity contribution in [1.82, 2.24) is 5.32 Å². The van der Waals surface area contributed by atoms with E-state index in [1.54, 1.807) is 0 Å². The molecule has 0 fully saturated rings. The Morgan fingerprint density at radius 3 is 2.25 bits per heavy atom. The molecular formula is C11H20N2O3. The minimum atomic E-state index is -0.471. The minimum absolute atomic E-state index is 0.198. The summed E-state index contributed by atoms with van der Waals surface area (Å²) in [7, 11) is 0. The monoisotopic (exact) mass is 228 g/mol. The number of carbonyl (C=O) groups excluding carboxylic acids is 1. The first-order valence-electron chi connectivity index (χ1n) is 5.53. The van der Waals surface area contributed by atoms with Crippen LogP contribution in [0.4, 0.5) is 0 Å². The largest absolute Gasteiger partial charge is 0.353 e. The molecule has 0 saturated carbocycles. The molecule has 1 N–H and O–H groups in total. The number of nitrogens with zero attached hydrogens (tertiary/aromatic N) is 1. The summed E-state index contributed by atoms with van der Waals surface area (Å²) in [5, 5.41) is 11.4. The van der Waals surface area contributed by atoms with E-state index in [-0.39, 0.29) is 12.2 Å². The zero-order valence-electron chi connectivity index (χ0n) is 10.2. The van der Waals surface area contributed by atoms with Crippen molar-refractivity contribution in [2.24, 2.45) is 0 Å². The summed E-state index contributed by atoms with van der Waals surface area (Å²) in [5.41, 5.74) is 0. The number of hydrogen-bond acceptors (Lipinski definition) is 4. The van der Waals surface area contributed by atoms with E-state index in [2.05, 4.69) is 5.32 Å². The van der Waals surface area contributed by atoms with Crippen molar-refractivity contribution in [3.63, 3.8) is 0 Å². The fourth-order valence-corrected chi connectivity index (χ4v) is 1.30. The molecule has 0 aliphatic heterocycles. The lowest BCUT2D eigenvalue weighted by Gasteiger charge is -2.18. The highest BCUT2D eigenvalue weighted by Crippen LogP contribution is 2.07. The summed E-state index contributed by atoms with van der Waals surface area (Å²) in [4.78, 5) is 10.8. The molecule has 16 heavy (non-hydrogen) atoms. The van der Waals surface area contributed by atoms with E-state index in [9.17, 15) is 4.79 Å². The van der Waals surface area contributed by atoms with E-state index < -0.39 is 6.04 Å². The van der Waals surface area contributed by atoms with Crippen LogP contribution in [0.2, 0.25) is 0 Å². The van der Waals surface area contributed by atoms with Gasteiger partial charge < -0.3 is 14.8 Å². The van der Waals surface area contributed by atoms with Gasteiger partial charge in [0.1, 0.15) is 6.04 Å².